The average Bonchev–Trinajstić information content (AvgIpc) is 2.97. The zero-order valence-electron chi connectivity index (χ0n) is 13.5. The third kappa shape index (κ3) is 4.63. The lowest BCUT2D eigenvalue weighted by molar-refractivity contribution is 0.418. The van der Waals surface area contributed by atoms with E-state index in [0.29, 0.717) is 12.0 Å². The second kappa shape index (κ2) is 7.83. The maximum atomic E-state index is 3.51. The van der Waals surface area contributed by atoms with E-state index in [1.54, 1.807) is 0 Å². The third-order valence-corrected chi connectivity index (χ3v) is 4.93. The minimum absolute atomic E-state index is 0.631. The molecule has 1 aliphatic rings. The Hall–Kier alpha value is -0.820. The maximum Gasteiger partial charge on any atom is 0.0105 e. The van der Waals surface area contributed by atoms with Crippen molar-refractivity contribution in [3.05, 3.63) is 35.4 Å². The molecule has 1 atom stereocenters. The van der Waals surface area contributed by atoms with Gasteiger partial charge in [-0.15, -0.1) is 0 Å². The van der Waals surface area contributed by atoms with Gasteiger partial charge in [0, 0.05) is 6.04 Å². The van der Waals surface area contributed by atoms with E-state index >= 15 is 0 Å². The van der Waals surface area contributed by atoms with Gasteiger partial charge in [0.2, 0.25) is 0 Å². The Labute approximate surface area is 125 Å². The molecular formula is C19H31N. The highest BCUT2D eigenvalue weighted by Crippen LogP contribution is 2.29. The Kier molecular flexibility index (Phi) is 6.09. The molecule has 0 heterocycles. The second-order valence-electron chi connectivity index (χ2n) is 6.81. The van der Waals surface area contributed by atoms with E-state index in [2.05, 4.69) is 50.5 Å². The lowest BCUT2D eigenvalue weighted by Crippen LogP contribution is -2.28. The fourth-order valence-electron chi connectivity index (χ4n) is 3.41. The lowest BCUT2D eigenvalue weighted by atomic mass is 9.94. The van der Waals surface area contributed by atoms with Crippen LogP contribution in [0.3, 0.4) is 0 Å². The molecule has 0 amide bonds. The molecule has 0 aromatic heterocycles. The molecule has 112 valence electrons. The van der Waals surface area contributed by atoms with E-state index in [-0.39, 0.29) is 0 Å². The molecule has 20 heavy (non-hydrogen) atoms. The molecule has 0 spiro atoms. The highest BCUT2D eigenvalue weighted by Gasteiger charge is 2.17. The molecule has 0 saturated heterocycles. The Morgan fingerprint density at radius 2 is 1.75 bits per heavy atom. The summed E-state index contributed by atoms with van der Waals surface area (Å²) in [5.41, 5.74) is 2.92. The van der Waals surface area contributed by atoms with E-state index in [1.807, 2.05) is 0 Å². The molecule has 1 aromatic rings. The monoisotopic (exact) mass is 273 g/mol. The van der Waals surface area contributed by atoms with E-state index in [0.717, 1.165) is 5.92 Å². The molecule has 1 unspecified atom stereocenters. The predicted octanol–water partition coefficient (Wildman–Crippen LogP) is 4.91. The van der Waals surface area contributed by atoms with Crippen molar-refractivity contribution in [3.8, 4) is 0 Å². The number of likely N-dealkylation sites (N-methyl/N-ethyl adjacent to an activating group) is 1. The number of benzene rings is 1. The molecular weight excluding hydrogens is 242 g/mol. The van der Waals surface area contributed by atoms with Crippen molar-refractivity contribution in [2.24, 2.45) is 5.92 Å². The van der Waals surface area contributed by atoms with Crippen LogP contribution in [-0.4, -0.2) is 13.1 Å². The van der Waals surface area contributed by atoms with E-state index in [1.165, 1.54) is 56.1 Å². The Morgan fingerprint density at radius 3 is 2.30 bits per heavy atom. The van der Waals surface area contributed by atoms with Crippen LogP contribution in [0.25, 0.3) is 0 Å². The van der Waals surface area contributed by atoms with Gasteiger partial charge < -0.3 is 5.32 Å². The van der Waals surface area contributed by atoms with Gasteiger partial charge in [-0.25, -0.2) is 0 Å². The van der Waals surface area contributed by atoms with Crippen LogP contribution in [0.1, 0.15) is 69.4 Å². The Morgan fingerprint density at radius 1 is 1.10 bits per heavy atom. The van der Waals surface area contributed by atoms with E-state index in [9.17, 15) is 0 Å². The highest BCUT2D eigenvalue weighted by atomic mass is 14.9. The van der Waals surface area contributed by atoms with Crippen LogP contribution >= 0.6 is 0 Å². The third-order valence-electron chi connectivity index (χ3n) is 4.93. The molecule has 1 aliphatic carbocycles. The summed E-state index contributed by atoms with van der Waals surface area (Å²) in [5.74, 6) is 1.64. The zero-order chi connectivity index (χ0) is 14.4. The number of rotatable bonds is 7. The van der Waals surface area contributed by atoms with Crippen molar-refractivity contribution < 1.29 is 0 Å². The summed E-state index contributed by atoms with van der Waals surface area (Å²) in [4.78, 5) is 0. The van der Waals surface area contributed by atoms with Crippen molar-refractivity contribution in [2.75, 3.05) is 7.05 Å². The van der Waals surface area contributed by atoms with Crippen molar-refractivity contribution in [1.82, 2.24) is 5.32 Å². The van der Waals surface area contributed by atoms with Gasteiger partial charge in [-0.1, -0.05) is 63.8 Å². The van der Waals surface area contributed by atoms with Crippen molar-refractivity contribution in [1.29, 1.82) is 0 Å². The summed E-state index contributed by atoms with van der Waals surface area (Å²) < 4.78 is 0. The molecule has 1 fully saturated rings. The fourth-order valence-corrected chi connectivity index (χ4v) is 3.41. The number of hydrogen-bond donors (Lipinski definition) is 1. The van der Waals surface area contributed by atoms with Crippen molar-refractivity contribution >= 4 is 0 Å². The molecule has 2 rings (SSSR count). The maximum absolute atomic E-state index is 3.51. The molecule has 0 bridgehead atoms. The van der Waals surface area contributed by atoms with E-state index in [4.69, 9.17) is 0 Å². The molecule has 1 heteroatoms. The van der Waals surface area contributed by atoms with Gasteiger partial charge in [-0.05, 0) is 49.3 Å². The summed E-state index contributed by atoms with van der Waals surface area (Å²) in [6.07, 6.45) is 9.78. The summed E-state index contributed by atoms with van der Waals surface area (Å²) in [6, 6.07) is 9.86. The summed E-state index contributed by atoms with van der Waals surface area (Å²) in [7, 11) is 2.11. The van der Waals surface area contributed by atoms with Gasteiger partial charge in [0.25, 0.3) is 0 Å². The largest absolute Gasteiger partial charge is 0.317 e. The van der Waals surface area contributed by atoms with Crippen LogP contribution < -0.4 is 5.32 Å². The fraction of sp³-hybridized carbons (Fsp3) is 0.684. The molecule has 1 aromatic carbocycles. The first-order chi connectivity index (χ1) is 9.69. The van der Waals surface area contributed by atoms with Crippen molar-refractivity contribution in [2.45, 2.75) is 70.8 Å². The first-order valence-electron chi connectivity index (χ1n) is 8.45. The quantitative estimate of drug-likeness (QED) is 0.744. The number of nitrogens with one attached hydrogen (secondary N) is 1. The van der Waals surface area contributed by atoms with Gasteiger partial charge in [0.1, 0.15) is 0 Å². The highest BCUT2D eigenvalue weighted by molar-refractivity contribution is 5.25. The van der Waals surface area contributed by atoms with Crippen molar-refractivity contribution in [3.63, 3.8) is 0 Å². The van der Waals surface area contributed by atoms with Crippen LogP contribution in [0.2, 0.25) is 0 Å². The normalized spacial score (nSPS) is 17.8. The Bertz CT molecular complexity index is 373. The standard InChI is InChI=1S/C19H31N/c1-15(2)18-11-8-17(9-12-18)14-19(20-3)13-10-16-6-4-5-7-16/h8-9,11-12,15-16,19-20H,4-7,10,13-14H2,1-3H3. The first kappa shape index (κ1) is 15.6. The second-order valence-corrected chi connectivity index (χ2v) is 6.81. The molecule has 1 N–H and O–H groups in total. The smallest absolute Gasteiger partial charge is 0.0105 e. The minimum Gasteiger partial charge on any atom is -0.317 e. The zero-order valence-corrected chi connectivity index (χ0v) is 13.5. The van der Waals surface area contributed by atoms with E-state index < -0.39 is 0 Å². The van der Waals surface area contributed by atoms with Gasteiger partial charge in [-0.2, -0.15) is 0 Å². The topological polar surface area (TPSA) is 12.0 Å². The molecule has 0 aliphatic heterocycles. The van der Waals surface area contributed by atoms with Crippen LogP contribution in [0.15, 0.2) is 24.3 Å². The number of hydrogen-bond acceptors (Lipinski definition) is 1. The van der Waals surface area contributed by atoms with Gasteiger partial charge in [-0.3, -0.25) is 0 Å². The van der Waals surface area contributed by atoms with Gasteiger partial charge in [0.15, 0.2) is 0 Å². The first-order valence-corrected chi connectivity index (χ1v) is 8.45. The molecule has 1 nitrogen and oxygen atoms in total. The molecule has 1 saturated carbocycles. The van der Waals surface area contributed by atoms with Gasteiger partial charge >= 0.3 is 0 Å². The van der Waals surface area contributed by atoms with Crippen LogP contribution in [0, 0.1) is 5.92 Å². The predicted molar refractivity (Wildman–Crippen MR) is 88.3 cm³/mol. The van der Waals surface area contributed by atoms with Crippen LogP contribution in [0.4, 0.5) is 0 Å². The van der Waals surface area contributed by atoms with Gasteiger partial charge in [0.05, 0.1) is 0 Å². The SMILES string of the molecule is CNC(CCC1CCCC1)Cc1ccc(C(C)C)cc1. The lowest BCUT2D eigenvalue weighted by Gasteiger charge is -2.19. The Balaban J connectivity index is 1.82. The van der Waals surface area contributed by atoms with Crippen LogP contribution in [-0.2, 0) is 6.42 Å². The van der Waals surface area contributed by atoms with Crippen LogP contribution in [0.5, 0.6) is 0 Å². The summed E-state index contributed by atoms with van der Waals surface area (Å²) >= 11 is 0. The summed E-state index contributed by atoms with van der Waals surface area (Å²) in [6.45, 7) is 4.51. The summed E-state index contributed by atoms with van der Waals surface area (Å²) in [5, 5.41) is 3.51. The minimum atomic E-state index is 0.631. The molecule has 0 radical (unpaired) electrons. The average molecular weight is 273 g/mol.